The fraction of sp³-hybridized carbons (Fsp3) is 0.125. The fourth-order valence-electron chi connectivity index (χ4n) is 2.10. The van der Waals surface area contributed by atoms with E-state index in [4.69, 9.17) is 19.6 Å². The molecule has 0 saturated heterocycles. The van der Waals surface area contributed by atoms with Crippen LogP contribution in [0.5, 0.6) is 11.5 Å². The van der Waals surface area contributed by atoms with E-state index >= 15 is 0 Å². The molecular weight excluding hydrogens is 282 g/mol. The zero-order valence-electron chi connectivity index (χ0n) is 12.2. The summed E-state index contributed by atoms with van der Waals surface area (Å²) < 4.78 is 16.3. The van der Waals surface area contributed by atoms with Crippen molar-refractivity contribution in [3.63, 3.8) is 0 Å². The molecule has 0 spiro atoms. The zero-order chi connectivity index (χ0) is 15.5. The maximum Gasteiger partial charge on any atom is 0.252 e. The summed E-state index contributed by atoms with van der Waals surface area (Å²) in [6, 6.07) is 12.6. The minimum Gasteiger partial charge on any atom is -0.497 e. The van der Waals surface area contributed by atoms with Crippen LogP contribution in [0.25, 0.3) is 22.9 Å². The molecule has 0 aliphatic heterocycles. The molecule has 0 atom stereocenters. The Bertz CT molecular complexity index is 799. The number of nitrogens with two attached hydrogens (primary N) is 1. The highest BCUT2D eigenvalue weighted by Crippen LogP contribution is 2.34. The molecule has 0 radical (unpaired) electrons. The summed E-state index contributed by atoms with van der Waals surface area (Å²) in [5, 5.41) is 8.15. The Hall–Kier alpha value is -3.02. The van der Waals surface area contributed by atoms with E-state index in [2.05, 4.69) is 10.2 Å². The van der Waals surface area contributed by atoms with Gasteiger partial charge >= 0.3 is 0 Å². The summed E-state index contributed by atoms with van der Waals surface area (Å²) in [6.07, 6.45) is 0. The quantitative estimate of drug-likeness (QED) is 0.745. The standard InChI is InChI=1S/C16H15N3O3/c1-20-12-6-7-14(21-2)13(9-12)16-19-18-15(22-16)10-4-3-5-11(17)8-10/h3-9H,17H2,1-2H3. The largest absolute Gasteiger partial charge is 0.497 e. The van der Waals surface area contributed by atoms with Crippen molar-refractivity contribution in [2.24, 2.45) is 0 Å². The zero-order valence-corrected chi connectivity index (χ0v) is 12.2. The van der Waals surface area contributed by atoms with E-state index in [1.165, 1.54) is 0 Å². The first-order chi connectivity index (χ1) is 10.7. The van der Waals surface area contributed by atoms with Gasteiger partial charge in [-0.15, -0.1) is 10.2 Å². The number of nitrogens with zero attached hydrogens (tertiary/aromatic N) is 2. The topological polar surface area (TPSA) is 83.4 Å². The molecule has 6 nitrogen and oxygen atoms in total. The number of hydrogen-bond acceptors (Lipinski definition) is 6. The van der Waals surface area contributed by atoms with Gasteiger partial charge in [-0.3, -0.25) is 0 Å². The number of ether oxygens (including phenoxy) is 2. The number of hydrogen-bond donors (Lipinski definition) is 1. The van der Waals surface area contributed by atoms with Crippen molar-refractivity contribution in [1.82, 2.24) is 10.2 Å². The molecule has 1 heterocycles. The molecule has 2 aromatic carbocycles. The third-order valence-corrected chi connectivity index (χ3v) is 3.20. The molecule has 0 saturated carbocycles. The van der Waals surface area contributed by atoms with Crippen LogP contribution < -0.4 is 15.2 Å². The van der Waals surface area contributed by atoms with Gasteiger partial charge in [-0.05, 0) is 36.4 Å². The first kappa shape index (κ1) is 13.9. The van der Waals surface area contributed by atoms with Crippen molar-refractivity contribution in [2.75, 3.05) is 20.0 Å². The lowest BCUT2D eigenvalue weighted by molar-refractivity contribution is 0.403. The second kappa shape index (κ2) is 5.77. The predicted octanol–water partition coefficient (Wildman–Crippen LogP) is 3.00. The molecule has 22 heavy (non-hydrogen) atoms. The second-order valence-electron chi connectivity index (χ2n) is 4.60. The number of anilines is 1. The molecule has 0 unspecified atom stereocenters. The van der Waals surface area contributed by atoms with E-state index in [1.807, 2.05) is 12.1 Å². The summed E-state index contributed by atoms with van der Waals surface area (Å²) in [5.41, 5.74) is 7.84. The number of rotatable bonds is 4. The third-order valence-electron chi connectivity index (χ3n) is 3.20. The Labute approximate surface area is 127 Å². The van der Waals surface area contributed by atoms with E-state index in [0.29, 0.717) is 34.5 Å². The molecule has 1 aromatic heterocycles. The van der Waals surface area contributed by atoms with Gasteiger partial charge in [-0.1, -0.05) is 6.07 Å². The first-order valence-electron chi connectivity index (χ1n) is 6.63. The summed E-state index contributed by atoms with van der Waals surface area (Å²) in [4.78, 5) is 0. The first-order valence-corrected chi connectivity index (χ1v) is 6.63. The lowest BCUT2D eigenvalue weighted by Crippen LogP contribution is -1.90. The molecule has 3 rings (SSSR count). The highest BCUT2D eigenvalue weighted by Gasteiger charge is 2.15. The van der Waals surface area contributed by atoms with Gasteiger partial charge in [0.2, 0.25) is 5.89 Å². The molecule has 3 aromatic rings. The Morgan fingerprint density at radius 2 is 1.77 bits per heavy atom. The van der Waals surface area contributed by atoms with E-state index in [-0.39, 0.29) is 0 Å². The van der Waals surface area contributed by atoms with Crippen molar-refractivity contribution in [1.29, 1.82) is 0 Å². The monoisotopic (exact) mass is 297 g/mol. The number of nitrogen functional groups attached to an aromatic ring is 1. The smallest absolute Gasteiger partial charge is 0.252 e. The number of aromatic nitrogens is 2. The van der Waals surface area contributed by atoms with Crippen molar-refractivity contribution >= 4 is 5.69 Å². The molecule has 0 bridgehead atoms. The van der Waals surface area contributed by atoms with Gasteiger partial charge in [0, 0.05) is 11.3 Å². The van der Waals surface area contributed by atoms with Crippen LogP contribution in [0.4, 0.5) is 5.69 Å². The molecule has 0 amide bonds. The van der Waals surface area contributed by atoms with Crippen LogP contribution in [0.2, 0.25) is 0 Å². The molecule has 2 N–H and O–H groups in total. The fourth-order valence-corrected chi connectivity index (χ4v) is 2.10. The van der Waals surface area contributed by atoms with Gasteiger partial charge < -0.3 is 19.6 Å². The molecule has 6 heteroatoms. The van der Waals surface area contributed by atoms with Crippen molar-refractivity contribution in [2.45, 2.75) is 0 Å². The Kier molecular flexibility index (Phi) is 3.65. The van der Waals surface area contributed by atoms with Crippen LogP contribution in [-0.2, 0) is 0 Å². The van der Waals surface area contributed by atoms with Gasteiger partial charge in [-0.25, -0.2) is 0 Å². The van der Waals surface area contributed by atoms with Crippen LogP contribution in [0.3, 0.4) is 0 Å². The van der Waals surface area contributed by atoms with Crippen LogP contribution in [0, 0.1) is 0 Å². The summed E-state index contributed by atoms with van der Waals surface area (Å²) >= 11 is 0. The van der Waals surface area contributed by atoms with Crippen LogP contribution in [0.15, 0.2) is 46.9 Å². The summed E-state index contributed by atoms with van der Waals surface area (Å²) in [5.74, 6) is 2.06. The predicted molar refractivity (Wildman–Crippen MR) is 82.7 cm³/mol. The Balaban J connectivity index is 2.04. The van der Waals surface area contributed by atoms with Crippen molar-refractivity contribution in [3.05, 3.63) is 42.5 Å². The highest BCUT2D eigenvalue weighted by molar-refractivity contribution is 5.67. The van der Waals surface area contributed by atoms with Gasteiger partial charge in [0.05, 0.1) is 19.8 Å². The lowest BCUT2D eigenvalue weighted by atomic mass is 10.2. The average molecular weight is 297 g/mol. The molecule has 0 aliphatic rings. The minimum absolute atomic E-state index is 0.355. The average Bonchev–Trinajstić information content (AvgIpc) is 3.04. The lowest BCUT2D eigenvalue weighted by Gasteiger charge is -2.07. The normalized spacial score (nSPS) is 10.5. The van der Waals surface area contributed by atoms with E-state index < -0.39 is 0 Å². The summed E-state index contributed by atoms with van der Waals surface area (Å²) in [6.45, 7) is 0. The van der Waals surface area contributed by atoms with Crippen LogP contribution in [-0.4, -0.2) is 24.4 Å². The van der Waals surface area contributed by atoms with Gasteiger partial charge in [0.25, 0.3) is 5.89 Å². The van der Waals surface area contributed by atoms with Crippen molar-refractivity contribution in [3.8, 4) is 34.4 Å². The van der Waals surface area contributed by atoms with Crippen molar-refractivity contribution < 1.29 is 13.9 Å². The molecule has 0 aliphatic carbocycles. The molecular formula is C16H15N3O3. The van der Waals surface area contributed by atoms with E-state index in [0.717, 1.165) is 5.56 Å². The minimum atomic E-state index is 0.355. The van der Waals surface area contributed by atoms with Gasteiger partial charge in [-0.2, -0.15) is 0 Å². The van der Waals surface area contributed by atoms with Gasteiger partial charge in [0.15, 0.2) is 0 Å². The van der Waals surface area contributed by atoms with Gasteiger partial charge in [0.1, 0.15) is 11.5 Å². The maximum atomic E-state index is 5.77. The number of benzene rings is 2. The maximum absolute atomic E-state index is 5.77. The Morgan fingerprint density at radius 1 is 0.955 bits per heavy atom. The highest BCUT2D eigenvalue weighted by atomic mass is 16.5. The Morgan fingerprint density at radius 3 is 2.50 bits per heavy atom. The second-order valence-corrected chi connectivity index (χ2v) is 4.60. The summed E-state index contributed by atoms with van der Waals surface area (Å²) in [7, 11) is 3.18. The SMILES string of the molecule is COc1ccc(OC)c(-c2nnc(-c3cccc(N)c3)o2)c1. The number of methoxy groups -OCH3 is 2. The van der Waals surface area contributed by atoms with E-state index in [9.17, 15) is 0 Å². The van der Waals surface area contributed by atoms with E-state index in [1.54, 1.807) is 44.6 Å². The van der Waals surface area contributed by atoms with Crippen LogP contribution in [0.1, 0.15) is 0 Å². The molecule has 0 fully saturated rings. The molecule has 112 valence electrons. The third kappa shape index (κ3) is 2.58. The van der Waals surface area contributed by atoms with Crippen LogP contribution >= 0.6 is 0 Å².